The van der Waals surface area contributed by atoms with Gasteiger partial charge in [0.15, 0.2) is 0 Å². The van der Waals surface area contributed by atoms with E-state index in [1.54, 1.807) is 0 Å². The van der Waals surface area contributed by atoms with Crippen molar-refractivity contribution in [2.45, 2.75) is 137 Å². The molecule has 0 saturated heterocycles. The van der Waals surface area contributed by atoms with Crippen molar-refractivity contribution >= 4 is 11.4 Å². The van der Waals surface area contributed by atoms with Crippen LogP contribution in [0.25, 0.3) is 0 Å². The molecule has 8 atom stereocenters. The van der Waals surface area contributed by atoms with Gasteiger partial charge in [-0.2, -0.15) is 0 Å². The first-order valence-electron chi connectivity index (χ1n) is 23.0. The highest BCUT2D eigenvalue weighted by Gasteiger charge is 2.59. The first-order chi connectivity index (χ1) is 26.9. The van der Waals surface area contributed by atoms with Crippen molar-refractivity contribution in [3.05, 3.63) is 59.7 Å². The Morgan fingerprint density at radius 2 is 1.50 bits per heavy atom. The second-order valence-corrected chi connectivity index (χ2v) is 20.2. The summed E-state index contributed by atoms with van der Waals surface area (Å²) in [4.78, 5) is 16.1. The van der Waals surface area contributed by atoms with Crippen LogP contribution >= 0.6 is 0 Å². The van der Waals surface area contributed by atoms with Gasteiger partial charge in [0.2, 0.25) is 0 Å². The zero-order valence-electron chi connectivity index (χ0n) is 37.3. The summed E-state index contributed by atoms with van der Waals surface area (Å²) in [5.74, 6) is 5.49. The van der Waals surface area contributed by atoms with Gasteiger partial charge in [0.25, 0.3) is 0 Å². The third-order valence-electron chi connectivity index (χ3n) is 15.5. The number of nitrogens with zero attached hydrogens (tertiary/aromatic N) is 5. The zero-order chi connectivity index (χ0) is 39.9. The van der Waals surface area contributed by atoms with E-state index in [4.69, 9.17) is 0 Å². The lowest BCUT2D eigenvalue weighted by Crippen LogP contribution is -2.51. The average molecular weight is 768 g/mol. The Balaban J connectivity index is 0.879. The molecule has 4 aliphatic rings. The van der Waals surface area contributed by atoms with Crippen LogP contribution in [0.15, 0.2) is 48.3 Å². The lowest BCUT2D eigenvalue weighted by molar-refractivity contribution is -0.0514. The second-order valence-electron chi connectivity index (χ2n) is 20.2. The summed E-state index contributed by atoms with van der Waals surface area (Å²) in [5.41, 5.74) is 7.44. The number of unbranched alkanes of at least 4 members (excludes halogenated alkanes) is 1. The minimum absolute atomic E-state index is 0.443. The van der Waals surface area contributed by atoms with Crippen molar-refractivity contribution in [2.75, 3.05) is 64.6 Å². The fraction of sp³-hybridized carbons (Fsp3) is 0.755. The number of allylic oxidation sites excluding steroid dienone is 1. The number of likely N-dealkylation sites (N-methyl/N-ethyl adjacent to an activating group) is 2. The number of fused-ring (bicyclic) bond motifs is 5. The summed E-state index contributed by atoms with van der Waals surface area (Å²) < 4.78 is 0. The van der Waals surface area contributed by atoms with Crippen LogP contribution < -0.4 is 15.5 Å². The van der Waals surface area contributed by atoms with E-state index in [0.717, 1.165) is 86.2 Å². The van der Waals surface area contributed by atoms with E-state index in [1.807, 2.05) is 18.0 Å². The largest absolute Gasteiger partial charge is 0.385 e. The SMILES string of the molecule is CC(C)CCC[C@@H](C)[C@H]1CC[C@H]2[C@@H]3CC=C4C[C@H](NCCCCNc5ccnc(CN(C)CCN(C)Cc6cc(N(C)C)ccn6)c5)CC[C@]4(C)[C@H]3CC[C@]12C. The molecular formula is C49H81N7. The Hall–Kier alpha value is -2.48. The third kappa shape index (κ3) is 10.6. The fourth-order valence-corrected chi connectivity index (χ4v) is 12.2. The summed E-state index contributed by atoms with van der Waals surface area (Å²) in [6.45, 7) is 18.6. The van der Waals surface area contributed by atoms with Crippen LogP contribution in [-0.4, -0.2) is 80.2 Å². The fourth-order valence-electron chi connectivity index (χ4n) is 12.2. The molecule has 0 radical (unpaired) electrons. The molecule has 7 heteroatoms. The topological polar surface area (TPSA) is 59.6 Å². The first-order valence-corrected chi connectivity index (χ1v) is 23.0. The molecule has 0 unspecified atom stereocenters. The summed E-state index contributed by atoms with van der Waals surface area (Å²) in [5, 5.41) is 7.69. The van der Waals surface area contributed by atoms with Gasteiger partial charge in [0, 0.05) is 76.6 Å². The monoisotopic (exact) mass is 768 g/mol. The zero-order valence-corrected chi connectivity index (χ0v) is 37.3. The number of hydrogen-bond donors (Lipinski definition) is 2. The lowest BCUT2D eigenvalue weighted by Gasteiger charge is -2.58. The number of nitrogens with one attached hydrogen (secondary N) is 2. The molecule has 2 heterocycles. The van der Waals surface area contributed by atoms with Crippen LogP contribution in [0, 0.1) is 46.3 Å². The Bertz CT molecular complexity index is 1550. The van der Waals surface area contributed by atoms with Gasteiger partial charge in [0.1, 0.15) is 0 Å². The van der Waals surface area contributed by atoms with Crippen molar-refractivity contribution in [3.63, 3.8) is 0 Å². The van der Waals surface area contributed by atoms with Crippen LogP contribution in [0.1, 0.15) is 129 Å². The van der Waals surface area contributed by atoms with E-state index in [2.05, 4.69) is 128 Å². The van der Waals surface area contributed by atoms with Gasteiger partial charge in [-0.3, -0.25) is 19.8 Å². The van der Waals surface area contributed by atoms with Gasteiger partial charge in [-0.25, -0.2) is 0 Å². The predicted octanol–water partition coefficient (Wildman–Crippen LogP) is 10.3. The maximum absolute atomic E-state index is 4.68. The number of hydrogen-bond acceptors (Lipinski definition) is 7. The van der Waals surface area contributed by atoms with Crippen molar-refractivity contribution < 1.29 is 0 Å². The number of anilines is 2. The lowest BCUT2D eigenvalue weighted by atomic mass is 9.47. The van der Waals surface area contributed by atoms with Crippen LogP contribution in [0.5, 0.6) is 0 Å². The molecule has 0 amide bonds. The molecule has 2 N–H and O–H groups in total. The summed E-state index contributed by atoms with van der Waals surface area (Å²) >= 11 is 0. The van der Waals surface area contributed by atoms with Crippen LogP contribution in [0.3, 0.4) is 0 Å². The molecule has 0 spiro atoms. The molecule has 56 heavy (non-hydrogen) atoms. The van der Waals surface area contributed by atoms with Crippen LogP contribution in [-0.2, 0) is 13.1 Å². The molecule has 0 bridgehead atoms. The predicted molar refractivity (Wildman–Crippen MR) is 238 cm³/mol. The standard InChI is InChI=1S/C49H81N7/c1-36(2)13-12-14-37(3)45-17-18-46-44-16-15-38-31-39(19-23-48(38,4)47(44)20-24-49(45,46)5)50-25-10-11-26-51-40-21-27-52-41(32-40)34-55(8)29-30-56(9)35-42-33-43(54(6)7)22-28-53-42/h15,21-22,27-28,32-33,36-37,39,44-47,50H,10-14,16-20,23-26,29-31,34-35H2,1-9H3,(H,51,52)/t37-,39-,44+,45-,46+,47+,48+,49-/m1/s1. The quantitative estimate of drug-likeness (QED) is 0.103. The van der Waals surface area contributed by atoms with E-state index in [-0.39, 0.29) is 0 Å². The third-order valence-corrected chi connectivity index (χ3v) is 15.5. The maximum Gasteiger partial charge on any atom is 0.0564 e. The Labute approximate surface area is 343 Å². The second kappa shape index (κ2) is 19.5. The van der Waals surface area contributed by atoms with Crippen molar-refractivity contribution in [1.29, 1.82) is 0 Å². The highest BCUT2D eigenvalue weighted by atomic mass is 15.2. The van der Waals surface area contributed by atoms with E-state index in [1.165, 1.54) is 94.8 Å². The van der Waals surface area contributed by atoms with Crippen LogP contribution in [0.2, 0.25) is 0 Å². The van der Waals surface area contributed by atoms with E-state index < -0.39 is 0 Å². The summed E-state index contributed by atoms with van der Waals surface area (Å²) in [6, 6.07) is 9.22. The van der Waals surface area contributed by atoms with Crippen molar-refractivity contribution in [2.24, 2.45) is 46.3 Å². The van der Waals surface area contributed by atoms with Gasteiger partial charge in [-0.05, 0) is 155 Å². The molecular weight excluding hydrogens is 687 g/mol. The average Bonchev–Trinajstić information content (AvgIpc) is 3.53. The molecule has 3 saturated carbocycles. The number of rotatable bonds is 20. The minimum Gasteiger partial charge on any atom is -0.385 e. The smallest absolute Gasteiger partial charge is 0.0564 e. The highest BCUT2D eigenvalue weighted by molar-refractivity contribution is 5.45. The maximum atomic E-state index is 4.68. The summed E-state index contributed by atoms with van der Waals surface area (Å²) in [7, 11) is 8.51. The van der Waals surface area contributed by atoms with E-state index >= 15 is 0 Å². The van der Waals surface area contributed by atoms with Gasteiger partial charge >= 0.3 is 0 Å². The number of pyridine rings is 2. The van der Waals surface area contributed by atoms with Gasteiger partial charge in [0.05, 0.1) is 11.4 Å². The van der Waals surface area contributed by atoms with Gasteiger partial charge in [-0.15, -0.1) is 0 Å². The molecule has 2 aromatic rings. The van der Waals surface area contributed by atoms with Gasteiger partial charge in [-0.1, -0.05) is 65.5 Å². The van der Waals surface area contributed by atoms with Crippen LogP contribution in [0.4, 0.5) is 11.4 Å². The molecule has 0 aliphatic heterocycles. The van der Waals surface area contributed by atoms with Crippen molar-refractivity contribution in [3.8, 4) is 0 Å². The van der Waals surface area contributed by atoms with Crippen molar-refractivity contribution in [1.82, 2.24) is 25.1 Å². The Kier molecular flexibility index (Phi) is 15.0. The molecule has 7 nitrogen and oxygen atoms in total. The molecule has 4 aliphatic carbocycles. The minimum atomic E-state index is 0.443. The summed E-state index contributed by atoms with van der Waals surface area (Å²) in [6.07, 6.45) is 24.6. The number of aromatic nitrogens is 2. The molecule has 0 aromatic carbocycles. The normalized spacial score (nSPS) is 29.2. The Morgan fingerprint density at radius 3 is 2.23 bits per heavy atom. The molecule has 2 aromatic heterocycles. The molecule has 6 rings (SSSR count). The Morgan fingerprint density at radius 1 is 0.786 bits per heavy atom. The van der Waals surface area contributed by atoms with Gasteiger partial charge < -0.3 is 15.5 Å². The highest BCUT2D eigenvalue weighted by Crippen LogP contribution is 2.67. The molecule has 312 valence electrons. The van der Waals surface area contributed by atoms with E-state index in [9.17, 15) is 0 Å². The molecule has 3 fully saturated rings. The van der Waals surface area contributed by atoms with E-state index in [0.29, 0.717) is 16.9 Å². The first kappa shape index (κ1) is 43.1.